The molecule has 2 heterocycles. The van der Waals surface area contributed by atoms with Gasteiger partial charge in [-0.2, -0.15) is 0 Å². The van der Waals surface area contributed by atoms with Gasteiger partial charge >= 0.3 is 0 Å². The number of rotatable bonds is 1. The molecule has 1 aliphatic carbocycles. The zero-order valence-corrected chi connectivity index (χ0v) is 12.3. The van der Waals surface area contributed by atoms with E-state index in [1.165, 1.54) is 5.56 Å². The molecule has 104 valence electrons. The van der Waals surface area contributed by atoms with E-state index in [0.717, 1.165) is 35.2 Å². The number of hydrogen-bond acceptors (Lipinski definition) is 2. The summed E-state index contributed by atoms with van der Waals surface area (Å²) in [7, 11) is 0. The van der Waals surface area contributed by atoms with Crippen molar-refractivity contribution in [2.75, 3.05) is 18.0 Å². The van der Waals surface area contributed by atoms with E-state index in [1.807, 2.05) is 4.90 Å². The van der Waals surface area contributed by atoms with E-state index in [0.29, 0.717) is 19.5 Å². The number of aromatic nitrogens is 1. The molecule has 0 aromatic carbocycles. The van der Waals surface area contributed by atoms with Gasteiger partial charge in [0.05, 0.1) is 4.47 Å². The zero-order valence-electron chi connectivity index (χ0n) is 10.8. The molecule has 1 saturated heterocycles. The van der Waals surface area contributed by atoms with Crippen molar-refractivity contribution >= 4 is 21.7 Å². The maximum Gasteiger partial charge on any atom is 0.249 e. The number of hydrogen-bond donors (Lipinski definition) is 0. The van der Waals surface area contributed by atoms with Crippen molar-refractivity contribution in [1.82, 2.24) is 4.98 Å². The van der Waals surface area contributed by atoms with E-state index in [2.05, 4.69) is 22.0 Å². The average Bonchev–Trinajstić information content (AvgIpc) is 2.71. The van der Waals surface area contributed by atoms with Gasteiger partial charge in [0, 0.05) is 31.6 Å². The predicted octanol–water partition coefficient (Wildman–Crippen LogP) is 3.96. The third kappa shape index (κ3) is 2.76. The lowest BCUT2D eigenvalue weighted by Crippen LogP contribution is -2.27. The first-order chi connectivity index (χ1) is 9.05. The van der Waals surface area contributed by atoms with Crippen LogP contribution in [0.1, 0.15) is 36.9 Å². The highest BCUT2D eigenvalue weighted by Crippen LogP contribution is 2.34. The fourth-order valence-electron chi connectivity index (χ4n) is 2.93. The van der Waals surface area contributed by atoms with Crippen molar-refractivity contribution in [3.63, 3.8) is 0 Å². The minimum Gasteiger partial charge on any atom is -0.355 e. The highest BCUT2D eigenvalue weighted by Gasteiger charge is 2.32. The fourth-order valence-corrected chi connectivity index (χ4v) is 3.55. The Morgan fingerprint density at radius 1 is 1.16 bits per heavy atom. The van der Waals surface area contributed by atoms with Gasteiger partial charge in [-0.25, -0.2) is 13.8 Å². The molecule has 1 fully saturated rings. The van der Waals surface area contributed by atoms with Crippen molar-refractivity contribution in [3.05, 3.63) is 21.8 Å². The van der Waals surface area contributed by atoms with Crippen LogP contribution in [-0.2, 0) is 12.8 Å². The number of pyridine rings is 1. The Morgan fingerprint density at radius 3 is 2.84 bits per heavy atom. The van der Waals surface area contributed by atoms with E-state index in [1.54, 1.807) is 0 Å². The summed E-state index contributed by atoms with van der Waals surface area (Å²) < 4.78 is 27.8. The molecule has 0 radical (unpaired) electrons. The van der Waals surface area contributed by atoms with Crippen LogP contribution in [0.5, 0.6) is 0 Å². The molecule has 2 aliphatic rings. The van der Waals surface area contributed by atoms with Crippen molar-refractivity contribution in [2.45, 2.75) is 44.4 Å². The summed E-state index contributed by atoms with van der Waals surface area (Å²) in [6.07, 6.45) is 3.69. The highest BCUT2D eigenvalue weighted by molar-refractivity contribution is 9.10. The Hall–Kier alpha value is -0.710. The molecule has 5 heteroatoms. The summed E-state index contributed by atoms with van der Waals surface area (Å²) in [6.45, 7) is 1.05. The van der Waals surface area contributed by atoms with Gasteiger partial charge < -0.3 is 4.90 Å². The van der Waals surface area contributed by atoms with E-state index < -0.39 is 5.92 Å². The number of fused-ring (bicyclic) bond motifs is 1. The number of anilines is 1. The lowest BCUT2D eigenvalue weighted by Gasteiger charge is -2.23. The lowest BCUT2D eigenvalue weighted by atomic mass is 10.1. The summed E-state index contributed by atoms with van der Waals surface area (Å²) in [4.78, 5) is 6.70. The third-order valence-corrected chi connectivity index (χ3v) is 4.59. The van der Waals surface area contributed by atoms with Gasteiger partial charge in [0.1, 0.15) is 5.82 Å². The van der Waals surface area contributed by atoms with Crippen molar-refractivity contribution in [3.8, 4) is 0 Å². The average molecular weight is 331 g/mol. The molecule has 0 unspecified atom stereocenters. The van der Waals surface area contributed by atoms with Crippen LogP contribution in [-0.4, -0.2) is 24.0 Å². The van der Waals surface area contributed by atoms with E-state index in [9.17, 15) is 8.78 Å². The minimum absolute atomic E-state index is 0.00788. The summed E-state index contributed by atoms with van der Waals surface area (Å²) in [5.41, 5.74) is 2.45. The fraction of sp³-hybridized carbons (Fsp3) is 0.643. The molecule has 1 aromatic rings. The molecule has 0 amide bonds. The van der Waals surface area contributed by atoms with E-state index >= 15 is 0 Å². The molecule has 0 saturated carbocycles. The quantitative estimate of drug-likeness (QED) is 0.774. The molecule has 1 aromatic heterocycles. The van der Waals surface area contributed by atoms with Crippen LogP contribution in [0.3, 0.4) is 0 Å². The lowest BCUT2D eigenvalue weighted by molar-refractivity contribution is -0.0102. The molecule has 0 spiro atoms. The van der Waals surface area contributed by atoms with Crippen LogP contribution in [0.25, 0.3) is 0 Å². The first kappa shape index (κ1) is 13.3. The third-order valence-electron chi connectivity index (χ3n) is 4.00. The zero-order chi connectivity index (χ0) is 13.5. The van der Waals surface area contributed by atoms with Gasteiger partial charge in [-0.15, -0.1) is 0 Å². The molecule has 3 rings (SSSR count). The second kappa shape index (κ2) is 5.00. The Labute approximate surface area is 120 Å². The van der Waals surface area contributed by atoms with Gasteiger partial charge in [-0.1, -0.05) is 0 Å². The number of halogens is 3. The molecular formula is C14H17BrF2N2. The van der Waals surface area contributed by atoms with Crippen molar-refractivity contribution in [1.29, 1.82) is 0 Å². The second-order valence-corrected chi connectivity index (χ2v) is 6.30. The molecule has 0 N–H and O–H groups in total. The molecule has 19 heavy (non-hydrogen) atoms. The highest BCUT2D eigenvalue weighted by atomic mass is 79.9. The number of alkyl halides is 2. The summed E-state index contributed by atoms with van der Waals surface area (Å²) in [5, 5.41) is 0. The van der Waals surface area contributed by atoms with Crippen LogP contribution < -0.4 is 4.90 Å². The summed E-state index contributed by atoms with van der Waals surface area (Å²) in [6, 6.07) is 2.12. The maximum absolute atomic E-state index is 13.4. The van der Waals surface area contributed by atoms with Gasteiger partial charge in [-0.05, 0) is 53.2 Å². The van der Waals surface area contributed by atoms with Gasteiger partial charge in [-0.3, -0.25) is 0 Å². The Bertz CT molecular complexity index is 491. The molecular weight excluding hydrogens is 314 g/mol. The summed E-state index contributed by atoms with van der Waals surface area (Å²) in [5.74, 6) is -1.67. The molecule has 1 aliphatic heterocycles. The standard InChI is InChI=1S/C14H17BrF2N2/c15-11-9-10-3-1-4-12(10)18-13(11)19-7-2-5-14(16,17)6-8-19/h9H,1-8H2. The first-order valence-electron chi connectivity index (χ1n) is 6.86. The minimum atomic E-state index is -2.52. The van der Waals surface area contributed by atoms with Crippen LogP contribution >= 0.6 is 15.9 Å². The smallest absolute Gasteiger partial charge is 0.249 e. The Balaban J connectivity index is 1.86. The van der Waals surface area contributed by atoms with Crippen LogP contribution in [0.15, 0.2) is 10.5 Å². The first-order valence-corrected chi connectivity index (χ1v) is 7.65. The van der Waals surface area contributed by atoms with Gasteiger partial charge in [0.15, 0.2) is 0 Å². The van der Waals surface area contributed by atoms with Crippen molar-refractivity contribution < 1.29 is 8.78 Å². The maximum atomic E-state index is 13.4. The van der Waals surface area contributed by atoms with Crippen LogP contribution in [0.2, 0.25) is 0 Å². The predicted molar refractivity (Wildman–Crippen MR) is 75.0 cm³/mol. The molecule has 0 bridgehead atoms. The second-order valence-electron chi connectivity index (χ2n) is 5.45. The van der Waals surface area contributed by atoms with Gasteiger partial charge in [0.2, 0.25) is 5.92 Å². The van der Waals surface area contributed by atoms with E-state index in [-0.39, 0.29) is 12.8 Å². The van der Waals surface area contributed by atoms with Gasteiger partial charge in [0.25, 0.3) is 0 Å². The molecule has 0 atom stereocenters. The van der Waals surface area contributed by atoms with Crippen LogP contribution in [0, 0.1) is 0 Å². The summed E-state index contributed by atoms with van der Waals surface area (Å²) >= 11 is 3.55. The topological polar surface area (TPSA) is 16.1 Å². The SMILES string of the molecule is FC1(F)CCCN(c2nc3c(cc2Br)CCC3)CC1. The van der Waals surface area contributed by atoms with Crippen molar-refractivity contribution in [2.24, 2.45) is 0 Å². The Morgan fingerprint density at radius 2 is 2.00 bits per heavy atom. The Kier molecular flexibility index (Phi) is 3.50. The normalized spacial score (nSPS) is 22.2. The van der Waals surface area contributed by atoms with E-state index in [4.69, 9.17) is 4.98 Å². The number of nitrogens with zero attached hydrogens (tertiary/aromatic N) is 2. The van der Waals surface area contributed by atoms with Crippen LogP contribution in [0.4, 0.5) is 14.6 Å². The molecule has 2 nitrogen and oxygen atoms in total. The monoisotopic (exact) mass is 330 g/mol. The largest absolute Gasteiger partial charge is 0.355 e. The number of aryl methyl sites for hydroxylation is 2.